The van der Waals surface area contributed by atoms with Crippen LogP contribution in [0.25, 0.3) is 11.1 Å². The van der Waals surface area contributed by atoms with Gasteiger partial charge >= 0.3 is 5.76 Å². The highest BCUT2D eigenvalue weighted by Gasteiger charge is 2.16. The average Bonchev–Trinajstić information content (AvgIpc) is 2.79. The molecule has 1 aliphatic rings. The zero-order chi connectivity index (χ0) is 13.9. The smallest absolute Gasteiger partial charge is 0.408 e. The lowest BCUT2D eigenvalue weighted by molar-refractivity contribution is -0.116. The number of nitrogens with one attached hydrogen (secondary N) is 3. The van der Waals surface area contributed by atoms with Crippen molar-refractivity contribution in [2.45, 2.75) is 12.5 Å². The summed E-state index contributed by atoms with van der Waals surface area (Å²) in [6.45, 7) is 0.949. The van der Waals surface area contributed by atoms with E-state index in [2.05, 4.69) is 15.6 Å². The van der Waals surface area contributed by atoms with Gasteiger partial charge in [-0.3, -0.25) is 9.78 Å². The van der Waals surface area contributed by atoms with Gasteiger partial charge in [-0.25, -0.2) is 4.79 Å². The fraction of sp³-hybridized carbons (Fsp3) is 0.385. The molecule has 1 aromatic carbocycles. The zero-order valence-electron chi connectivity index (χ0n) is 10.8. The molecule has 0 saturated carbocycles. The second kappa shape index (κ2) is 5.72. The molecule has 1 saturated heterocycles. The monoisotopic (exact) mass is 293 g/mol. The summed E-state index contributed by atoms with van der Waals surface area (Å²) in [5.74, 6) is 1.53. The molecule has 7 heteroatoms. The number of rotatable bonds is 3. The summed E-state index contributed by atoms with van der Waals surface area (Å²) in [5, 5.41) is 6.16. The number of thioether (sulfide) groups is 1. The molecule has 2 heterocycles. The van der Waals surface area contributed by atoms with Gasteiger partial charge in [0.15, 0.2) is 5.58 Å². The Labute approximate surface area is 119 Å². The molecule has 6 nitrogen and oxygen atoms in total. The lowest BCUT2D eigenvalue weighted by Crippen LogP contribution is -2.39. The lowest BCUT2D eigenvalue weighted by atomic mass is 10.2. The van der Waals surface area contributed by atoms with Crippen LogP contribution in [-0.2, 0) is 4.79 Å². The van der Waals surface area contributed by atoms with E-state index in [1.54, 1.807) is 18.2 Å². The first-order valence-electron chi connectivity index (χ1n) is 6.44. The van der Waals surface area contributed by atoms with Crippen molar-refractivity contribution in [3.63, 3.8) is 0 Å². The van der Waals surface area contributed by atoms with Crippen molar-refractivity contribution in [3.8, 4) is 0 Å². The van der Waals surface area contributed by atoms with Crippen molar-refractivity contribution in [2.24, 2.45) is 0 Å². The zero-order valence-corrected chi connectivity index (χ0v) is 11.6. The summed E-state index contributed by atoms with van der Waals surface area (Å²) >= 11 is 1.86. The molecule has 0 bridgehead atoms. The van der Waals surface area contributed by atoms with Gasteiger partial charge in [-0.2, -0.15) is 11.8 Å². The number of oxazole rings is 1. The Hall–Kier alpha value is -1.73. The van der Waals surface area contributed by atoms with E-state index in [1.807, 2.05) is 11.8 Å². The predicted octanol–water partition coefficient (Wildman–Crippen LogP) is 1.15. The van der Waals surface area contributed by atoms with Crippen LogP contribution < -0.4 is 16.4 Å². The maximum atomic E-state index is 12.0. The van der Waals surface area contributed by atoms with E-state index in [4.69, 9.17) is 4.42 Å². The maximum Gasteiger partial charge on any atom is 0.417 e. The highest BCUT2D eigenvalue weighted by atomic mass is 32.2. The summed E-state index contributed by atoms with van der Waals surface area (Å²) < 4.78 is 4.91. The summed E-state index contributed by atoms with van der Waals surface area (Å²) in [4.78, 5) is 25.6. The quantitative estimate of drug-likeness (QED) is 0.790. The van der Waals surface area contributed by atoms with Crippen LogP contribution in [0.2, 0.25) is 0 Å². The molecule has 1 unspecified atom stereocenters. The normalized spacial score (nSPS) is 19.1. The average molecular weight is 293 g/mol. The van der Waals surface area contributed by atoms with Gasteiger partial charge < -0.3 is 15.1 Å². The van der Waals surface area contributed by atoms with Crippen LogP contribution in [0.4, 0.5) is 5.69 Å². The molecule has 3 N–H and O–H groups in total. The largest absolute Gasteiger partial charge is 0.417 e. The van der Waals surface area contributed by atoms with Crippen molar-refractivity contribution in [3.05, 3.63) is 28.7 Å². The highest BCUT2D eigenvalue weighted by Crippen LogP contribution is 2.17. The molecular formula is C13H15N3O3S. The Morgan fingerprint density at radius 2 is 2.40 bits per heavy atom. The van der Waals surface area contributed by atoms with Gasteiger partial charge in [0.2, 0.25) is 5.91 Å². The van der Waals surface area contributed by atoms with Crippen LogP contribution in [0.5, 0.6) is 0 Å². The van der Waals surface area contributed by atoms with Gasteiger partial charge in [-0.1, -0.05) is 0 Å². The van der Waals surface area contributed by atoms with E-state index in [1.165, 1.54) is 0 Å². The molecule has 1 atom stereocenters. The number of benzene rings is 1. The Balaban J connectivity index is 1.65. The number of carbonyl (C=O) groups is 1. The second-order valence-electron chi connectivity index (χ2n) is 4.70. The number of carbonyl (C=O) groups excluding carboxylic acids is 1. The van der Waals surface area contributed by atoms with Crippen molar-refractivity contribution >= 4 is 34.5 Å². The second-order valence-corrected chi connectivity index (χ2v) is 5.85. The molecule has 106 valence electrons. The SMILES string of the molecule is O=C(CC1CSCCN1)Nc1ccc2oc(=O)[nH]c2c1. The standard InChI is InChI=1S/C13H15N3O3S/c17-12(6-9-7-20-4-3-14-9)15-8-1-2-11-10(5-8)16-13(18)19-11/h1-2,5,9,14H,3-4,6-7H2,(H,15,17)(H,16,18). The molecule has 0 radical (unpaired) electrons. The summed E-state index contributed by atoms with van der Waals surface area (Å²) in [5.41, 5.74) is 1.72. The van der Waals surface area contributed by atoms with Crippen LogP contribution in [0, 0.1) is 0 Å². The molecule has 1 amide bonds. The molecule has 1 aliphatic heterocycles. The van der Waals surface area contributed by atoms with E-state index in [0.717, 1.165) is 18.1 Å². The van der Waals surface area contributed by atoms with Gasteiger partial charge in [0, 0.05) is 36.2 Å². The number of aromatic amines is 1. The fourth-order valence-corrected chi connectivity index (χ4v) is 3.17. The van der Waals surface area contributed by atoms with Crippen molar-refractivity contribution in [2.75, 3.05) is 23.4 Å². The van der Waals surface area contributed by atoms with Crippen molar-refractivity contribution < 1.29 is 9.21 Å². The maximum absolute atomic E-state index is 12.0. The number of hydrogen-bond donors (Lipinski definition) is 3. The van der Waals surface area contributed by atoms with E-state index < -0.39 is 5.76 Å². The number of H-pyrrole nitrogens is 1. The van der Waals surface area contributed by atoms with Crippen LogP contribution >= 0.6 is 11.8 Å². The lowest BCUT2D eigenvalue weighted by Gasteiger charge is -2.22. The number of amides is 1. The van der Waals surface area contributed by atoms with Crippen LogP contribution in [-0.4, -0.2) is 35.0 Å². The third-order valence-electron chi connectivity index (χ3n) is 3.13. The first-order valence-corrected chi connectivity index (χ1v) is 7.60. The van der Waals surface area contributed by atoms with Crippen molar-refractivity contribution in [1.82, 2.24) is 10.3 Å². The molecule has 0 aliphatic carbocycles. The van der Waals surface area contributed by atoms with Crippen molar-refractivity contribution in [1.29, 1.82) is 0 Å². The molecular weight excluding hydrogens is 278 g/mol. The van der Waals surface area contributed by atoms with Gasteiger partial charge in [-0.15, -0.1) is 0 Å². The Morgan fingerprint density at radius 1 is 1.50 bits per heavy atom. The minimum absolute atomic E-state index is 0.0322. The molecule has 3 rings (SSSR count). The summed E-state index contributed by atoms with van der Waals surface area (Å²) in [6, 6.07) is 5.31. The number of hydrogen-bond acceptors (Lipinski definition) is 5. The predicted molar refractivity (Wildman–Crippen MR) is 79.2 cm³/mol. The van der Waals surface area contributed by atoms with Crippen LogP contribution in [0.3, 0.4) is 0 Å². The Bertz CT molecular complexity index is 673. The van der Waals surface area contributed by atoms with Gasteiger partial charge in [0.25, 0.3) is 0 Å². The minimum Gasteiger partial charge on any atom is -0.408 e. The van der Waals surface area contributed by atoms with E-state index >= 15 is 0 Å². The Kier molecular flexibility index (Phi) is 3.79. The number of fused-ring (bicyclic) bond motifs is 1. The van der Waals surface area contributed by atoms with Crippen LogP contribution in [0.1, 0.15) is 6.42 Å². The summed E-state index contributed by atoms with van der Waals surface area (Å²) in [7, 11) is 0. The molecule has 20 heavy (non-hydrogen) atoms. The molecule has 1 aromatic heterocycles. The molecule has 1 fully saturated rings. The number of aromatic nitrogens is 1. The topological polar surface area (TPSA) is 87.1 Å². The van der Waals surface area contributed by atoms with Gasteiger partial charge in [0.1, 0.15) is 0 Å². The molecule has 2 aromatic rings. The van der Waals surface area contributed by atoms with E-state index in [-0.39, 0.29) is 11.9 Å². The highest BCUT2D eigenvalue weighted by molar-refractivity contribution is 7.99. The molecule has 0 spiro atoms. The first-order chi connectivity index (χ1) is 9.70. The fourth-order valence-electron chi connectivity index (χ4n) is 2.22. The van der Waals surface area contributed by atoms with E-state index in [0.29, 0.717) is 23.2 Å². The Morgan fingerprint density at radius 3 is 3.20 bits per heavy atom. The van der Waals surface area contributed by atoms with Gasteiger partial charge in [-0.05, 0) is 18.2 Å². The van der Waals surface area contributed by atoms with Crippen LogP contribution in [0.15, 0.2) is 27.4 Å². The first kappa shape index (κ1) is 13.3. The number of anilines is 1. The van der Waals surface area contributed by atoms with E-state index in [9.17, 15) is 9.59 Å². The van der Waals surface area contributed by atoms with Gasteiger partial charge in [0.05, 0.1) is 5.52 Å². The minimum atomic E-state index is -0.494. The summed E-state index contributed by atoms with van der Waals surface area (Å²) in [6.07, 6.45) is 0.451. The third kappa shape index (κ3) is 3.05. The third-order valence-corrected chi connectivity index (χ3v) is 4.26.